The second-order valence-electron chi connectivity index (χ2n) is 6.46. The fraction of sp³-hybridized carbons (Fsp3) is 0.625. The third-order valence-electron chi connectivity index (χ3n) is 4.44. The van der Waals surface area contributed by atoms with Gasteiger partial charge in [0.1, 0.15) is 5.76 Å². The molecule has 172 valence electrons. The van der Waals surface area contributed by atoms with Crippen molar-refractivity contribution in [2.45, 2.75) is 24.9 Å². The summed E-state index contributed by atoms with van der Waals surface area (Å²) in [5.41, 5.74) is -5.28. The van der Waals surface area contributed by atoms with E-state index in [0.717, 1.165) is 0 Å². The Morgan fingerprint density at radius 2 is 1.93 bits per heavy atom. The molecule has 0 radical (unpaired) electrons. The van der Waals surface area contributed by atoms with Gasteiger partial charge in [0.05, 0.1) is 19.4 Å². The zero-order valence-electron chi connectivity index (χ0n) is 16.2. The summed E-state index contributed by atoms with van der Waals surface area (Å²) in [4.78, 5) is 15.8. The van der Waals surface area contributed by atoms with Crippen LogP contribution < -0.4 is 16.0 Å². The number of nitrogens with zero attached hydrogens (tertiary/aromatic N) is 2. The number of piperidine rings is 1. The molecule has 0 bridgehead atoms. The number of alkyl halides is 3. The van der Waals surface area contributed by atoms with E-state index in [0.29, 0.717) is 35.4 Å². The summed E-state index contributed by atoms with van der Waals surface area (Å²) < 4.78 is 66.2. The summed E-state index contributed by atoms with van der Waals surface area (Å²) in [6.07, 6.45) is 2.10. The van der Waals surface area contributed by atoms with Gasteiger partial charge in [-0.2, -0.15) is 17.5 Å². The first-order valence-corrected chi connectivity index (χ1v) is 10.4. The summed E-state index contributed by atoms with van der Waals surface area (Å²) in [6, 6.07) is 3.45. The van der Waals surface area contributed by atoms with E-state index < -0.39 is 15.5 Å². The van der Waals surface area contributed by atoms with Crippen molar-refractivity contribution in [3.8, 4) is 0 Å². The van der Waals surface area contributed by atoms with Crippen LogP contribution in [-0.2, 0) is 21.4 Å². The maximum absolute atomic E-state index is 12.6. The quantitative estimate of drug-likeness (QED) is 0.260. The number of sulfonamides is 1. The molecule has 14 heteroatoms. The number of guanidine groups is 1. The lowest BCUT2D eigenvalue weighted by Crippen LogP contribution is -2.48. The minimum atomic E-state index is -5.28. The van der Waals surface area contributed by atoms with E-state index in [1.807, 2.05) is 0 Å². The number of carbonyl (C=O) groups excluding carboxylic acids is 1. The summed E-state index contributed by atoms with van der Waals surface area (Å²) in [5, 5.41) is 8.50. The number of hydrogen-bond acceptors (Lipinski definition) is 5. The number of halogens is 4. The fourth-order valence-electron chi connectivity index (χ4n) is 2.79. The predicted molar refractivity (Wildman–Crippen MR) is 115 cm³/mol. The fourth-order valence-corrected chi connectivity index (χ4v) is 3.77. The number of aliphatic imine (C=N–C) groups is 1. The van der Waals surface area contributed by atoms with Crippen LogP contribution in [0.15, 0.2) is 27.8 Å². The predicted octanol–water partition coefficient (Wildman–Crippen LogP) is 1.24. The molecule has 1 aliphatic heterocycles. The van der Waals surface area contributed by atoms with Gasteiger partial charge in [-0.3, -0.25) is 9.79 Å². The first-order chi connectivity index (χ1) is 13.6. The molecule has 0 aromatic carbocycles. The van der Waals surface area contributed by atoms with Gasteiger partial charge in [0.2, 0.25) is 5.91 Å². The molecular weight excluding hydrogens is 542 g/mol. The van der Waals surface area contributed by atoms with Crippen LogP contribution in [0.3, 0.4) is 0 Å². The highest BCUT2D eigenvalue weighted by Crippen LogP contribution is 2.30. The van der Waals surface area contributed by atoms with Gasteiger partial charge in [0.25, 0.3) is 0 Å². The summed E-state index contributed by atoms with van der Waals surface area (Å²) in [6.45, 7) is 0.264. The molecule has 0 unspecified atom stereocenters. The van der Waals surface area contributed by atoms with Gasteiger partial charge >= 0.3 is 15.5 Å². The second kappa shape index (κ2) is 11.7. The van der Waals surface area contributed by atoms with E-state index in [2.05, 4.69) is 20.9 Å². The Bertz CT molecular complexity index is 794. The summed E-state index contributed by atoms with van der Waals surface area (Å²) >= 11 is 0. The van der Waals surface area contributed by atoms with Gasteiger partial charge in [-0.05, 0) is 30.9 Å². The van der Waals surface area contributed by atoms with E-state index >= 15 is 0 Å². The molecule has 30 heavy (non-hydrogen) atoms. The average Bonchev–Trinajstić information content (AvgIpc) is 3.19. The SMILES string of the molecule is CN=C(NCC(=O)NCc1ccco1)NCC1CCN(S(=O)(=O)C(F)(F)F)CC1.I. The highest BCUT2D eigenvalue weighted by Gasteiger charge is 2.50. The minimum absolute atomic E-state index is 0. The van der Waals surface area contributed by atoms with Crippen LogP contribution in [0.4, 0.5) is 13.2 Å². The van der Waals surface area contributed by atoms with Gasteiger partial charge in [-0.25, -0.2) is 8.42 Å². The zero-order chi connectivity index (χ0) is 21.5. The van der Waals surface area contributed by atoms with Crippen molar-refractivity contribution in [1.29, 1.82) is 0 Å². The third-order valence-corrected chi connectivity index (χ3v) is 6.07. The number of hydrogen-bond donors (Lipinski definition) is 3. The first kappa shape index (κ1) is 26.5. The van der Waals surface area contributed by atoms with Crippen LogP contribution in [0.2, 0.25) is 0 Å². The first-order valence-electron chi connectivity index (χ1n) is 8.93. The molecule has 1 aliphatic rings. The number of amides is 1. The molecule has 9 nitrogen and oxygen atoms in total. The van der Waals surface area contributed by atoms with Crippen LogP contribution in [-0.4, -0.2) is 63.3 Å². The molecule has 1 amide bonds. The maximum Gasteiger partial charge on any atom is 0.511 e. The molecule has 1 aromatic heterocycles. The molecule has 0 aliphatic carbocycles. The monoisotopic (exact) mass is 567 g/mol. The van der Waals surface area contributed by atoms with Gasteiger partial charge in [-0.1, -0.05) is 0 Å². The van der Waals surface area contributed by atoms with E-state index in [4.69, 9.17) is 4.42 Å². The normalized spacial score (nSPS) is 16.6. The lowest BCUT2D eigenvalue weighted by molar-refractivity contribution is -0.120. The Morgan fingerprint density at radius 3 is 2.47 bits per heavy atom. The van der Waals surface area contributed by atoms with E-state index in [1.165, 1.54) is 13.3 Å². The average molecular weight is 567 g/mol. The maximum atomic E-state index is 12.6. The summed E-state index contributed by atoms with van der Waals surface area (Å²) in [5.74, 6) is 0.708. The van der Waals surface area contributed by atoms with Crippen molar-refractivity contribution in [3.05, 3.63) is 24.2 Å². The van der Waals surface area contributed by atoms with E-state index in [-0.39, 0.29) is 62.0 Å². The Kier molecular flexibility index (Phi) is 10.4. The molecule has 0 atom stereocenters. The smallest absolute Gasteiger partial charge is 0.467 e. The number of furan rings is 1. The number of carbonyl (C=O) groups is 1. The molecule has 1 fully saturated rings. The van der Waals surface area contributed by atoms with E-state index in [9.17, 15) is 26.4 Å². The number of rotatable bonds is 7. The highest BCUT2D eigenvalue weighted by molar-refractivity contribution is 14.0. The van der Waals surface area contributed by atoms with Gasteiger partial charge in [0, 0.05) is 26.7 Å². The minimum Gasteiger partial charge on any atom is -0.467 e. The lowest BCUT2D eigenvalue weighted by Gasteiger charge is -2.31. The number of nitrogens with one attached hydrogen (secondary N) is 3. The molecule has 1 saturated heterocycles. The molecule has 2 heterocycles. The van der Waals surface area contributed by atoms with Crippen molar-refractivity contribution in [2.24, 2.45) is 10.9 Å². The lowest BCUT2D eigenvalue weighted by atomic mass is 9.98. The molecule has 1 aromatic rings. The highest BCUT2D eigenvalue weighted by atomic mass is 127. The van der Waals surface area contributed by atoms with Crippen LogP contribution in [0.25, 0.3) is 0 Å². The van der Waals surface area contributed by atoms with Crippen molar-refractivity contribution in [3.63, 3.8) is 0 Å². The Balaban J connectivity index is 0.00000450. The van der Waals surface area contributed by atoms with Crippen LogP contribution >= 0.6 is 24.0 Å². The molecular formula is C16H25F3IN5O4S. The molecule has 0 spiro atoms. The van der Waals surface area contributed by atoms with Crippen molar-refractivity contribution >= 4 is 45.9 Å². The molecule has 3 N–H and O–H groups in total. The van der Waals surface area contributed by atoms with Gasteiger partial charge in [0.15, 0.2) is 5.96 Å². The summed E-state index contributed by atoms with van der Waals surface area (Å²) in [7, 11) is -3.75. The zero-order valence-corrected chi connectivity index (χ0v) is 19.4. The Morgan fingerprint density at radius 1 is 1.27 bits per heavy atom. The van der Waals surface area contributed by atoms with Crippen molar-refractivity contribution < 1.29 is 30.8 Å². The van der Waals surface area contributed by atoms with Crippen molar-refractivity contribution in [1.82, 2.24) is 20.3 Å². The van der Waals surface area contributed by atoms with Gasteiger partial charge < -0.3 is 20.4 Å². The topological polar surface area (TPSA) is 116 Å². The standard InChI is InChI=1S/C16H24F3N5O4S.HI/c1-20-15(23-11-14(25)21-10-13-3-2-8-28-13)22-9-12-4-6-24(7-5-12)29(26,27)16(17,18)19;/h2-3,8,12H,4-7,9-11H2,1H3,(H,21,25)(H2,20,22,23);1H. The largest absolute Gasteiger partial charge is 0.511 e. The Labute approximate surface area is 189 Å². The van der Waals surface area contributed by atoms with Crippen LogP contribution in [0.1, 0.15) is 18.6 Å². The van der Waals surface area contributed by atoms with Crippen molar-refractivity contribution in [2.75, 3.05) is 33.2 Å². The molecule has 0 saturated carbocycles. The van der Waals surface area contributed by atoms with Crippen LogP contribution in [0, 0.1) is 5.92 Å². The van der Waals surface area contributed by atoms with E-state index in [1.54, 1.807) is 12.1 Å². The van der Waals surface area contributed by atoms with Crippen LogP contribution in [0.5, 0.6) is 0 Å². The third kappa shape index (κ3) is 7.61. The Hall–Kier alpha value is -1.55. The second-order valence-corrected chi connectivity index (χ2v) is 8.39. The molecule has 2 rings (SSSR count). The van der Waals surface area contributed by atoms with Gasteiger partial charge in [-0.15, -0.1) is 24.0 Å².